The van der Waals surface area contributed by atoms with Crippen LogP contribution in [0, 0.1) is 5.92 Å². The van der Waals surface area contributed by atoms with Crippen LogP contribution in [0.4, 0.5) is 26.7 Å². The smallest absolute Gasteiger partial charge is 0.336 e. The van der Waals surface area contributed by atoms with Crippen molar-refractivity contribution in [2.75, 3.05) is 13.7 Å². The van der Waals surface area contributed by atoms with E-state index in [9.17, 15) is 26.7 Å². The Morgan fingerprint density at radius 2 is 2.00 bits per heavy atom. The Morgan fingerprint density at radius 1 is 1.36 bits per heavy atom. The zero-order valence-corrected chi connectivity index (χ0v) is 14.5. The summed E-state index contributed by atoms with van der Waals surface area (Å²) in [6.45, 7) is -0.173. The summed E-state index contributed by atoms with van der Waals surface area (Å²) in [7, 11) is 1.25. The first-order valence-corrected chi connectivity index (χ1v) is 8.07. The van der Waals surface area contributed by atoms with E-state index in [0.717, 1.165) is 5.06 Å². The average Bonchev–Trinajstić information content (AvgIpc) is 3.03. The minimum atomic E-state index is -4.73. The molecule has 1 aromatic heterocycles. The largest absolute Gasteiger partial charge is 0.471 e. The quantitative estimate of drug-likeness (QED) is 0.587. The highest BCUT2D eigenvalue weighted by Gasteiger charge is 2.56. The van der Waals surface area contributed by atoms with E-state index in [4.69, 9.17) is 4.84 Å². The van der Waals surface area contributed by atoms with Gasteiger partial charge in [0.15, 0.2) is 0 Å². The Labute approximate surface area is 155 Å². The minimum absolute atomic E-state index is 0.0102. The molecule has 3 rings (SSSR count). The number of hydrogen-bond donors (Lipinski definition) is 1. The van der Waals surface area contributed by atoms with Crippen molar-refractivity contribution in [2.24, 2.45) is 5.92 Å². The maximum Gasteiger partial charge on any atom is 0.471 e. The molecule has 1 saturated carbocycles. The fraction of sp³-hybridized carbons (Fsp3) is 0.438. The number of aromatic nitrogens is 2. The summed E-state index contributed by atoms with van der Waals surface area (Å²) >= 11 is 0. The molecule has 152 valence electrons. The molecule has 1 aliphatic carbocycles. The number of urea groups is 1. The van der Waals surface area contributed by atoms with Crippen molar-refractivity contribution < 1.29 is 36.1 Å². The van der Waals surface area contributed by atoms with Crippen LogP contribution in [-0.2, 0) is 17.6 Å². The van der Waals surface area contributed by atoms with E-state index < -0.39 is 29.9 Å². The standard InChI is InChI=1S/C16H15F5N4O3/c1-27-25(14(26)22-7-11-6-15(11,17)18)8-9-2-4-10(5-3-9)12-23-13(28-24-12)16(19,20)21/h2-5,11H,6-8H2,1H3,(H,22,26). The number of nitrogens with one attached hydrogen (secondary N) is 1. The fourth-order valence-electron chi connectivity index (χ4n) is 2.39. The molecule has 0 bridgehead atoms. The van der Waals surface area contributed by atoms with Crippen molar-refractivity contribution in [1.29, 1.82) is 0 Å². The first kappa shape index (κ1) is 20.0. The van der Waals surface area contributed by atoms with Crippen LogP contribution < -0.4 is 5.32 Å². The summed E-state index contributed by atoms with van der Waals surface area (Å²) in [6, 6.07) is 5.30. The molecule has 1 fully saturated rings. The van der Waals surface area contributed by atoms with Gasteiger partial charge < -0.3 is 9.84 Å². The Bertz CT molecular complexity index is 838. The Hall–Kier alpha value is -2.76. The van der Waals surface area contributed by atoms with Crippen LogP contribution in [0.2, 0.25) is 0 Å². The number of carbonyl (C=O) groups excluding carboxylic acids is 1. The topological polar surface area (TPSA) is 80.5 Å². The number of carbonyl (C=O) groups is 1. The number of amides is 2. The summed E-state index contributed by atoms with van der Waals surface area (Å²) in [5.41, 5.74) is 0.865. The number of hydrogen-bond acceptors (Lipinski definition) is 5. The molecule has 1 aromatic carbocycles. The molecular formula is C16H15F5N4O3. The van der Waals surface area contributed by atoms with E-state index in [2.05, 4.69) is 20.0 Å². The van der Waals surface area contributed by atoms with Crippen molar-refractivity contribution >= 4 is 6.03 Å². The van der Waals surface area contributed by atoms with E-state index in [0.29, 0.717) is 5.56 Å². The van der Waals surface area contributed by atoms with Crippen LogP contribution in [0.5, 0.6) is 0 Å². The van der Waals surface area contributed by atoms with Gasteiger partial charge in [-0.1, -0.05) is 29.4 Å². The summed E-state index contributed by atoms with van der Waals surface area (Å²) in [6.07, 6.45) is -4.99. The first-order valence-electron chi connectivity index (χ1n) is 8.07. The predicted molar refractivity (Wildman–Crippen MR) is 83.7 cm³/mol. The normalized spacial score (nSPS) is 18.0. The van der Waals surface area contributed by atoms with Crippen LogP contribution in [0.25, 0.3) is 11.4 Å². The molecule has 2 amide bonds. The second-order valence-corrected chi connectivity index (χ2v) is 6.19. The lowest BCUT2D eigenvalue weighted by Gasteiger charge is -2.20. The van der Waals surface area contributed by atoms with Crippen LogP contribution in [0.15, 0.2) is 28.8 Å². The van der Waals surface area contributed by atoms with Crippen LogP contribution in [-0.4, -0.2) is 40.8 Å². The molecule has 1 unspecified atom stereocenters. The zero-order chi connectivity index (χ0) is 20.5. The monoisotopic (exact) mass is 406 g/mol. The van der Waals surface area contributed by atoms with Gasteiger partial charge in [-0.3, -0.25) is 4.84 Å². The van der Waals surface area contributed by atoms with Crippen molar-refractivity contribution in [1.82, 2.24) is 20.5 Å². The van der Waals surface area contributed by atoms with Gasteiger partial charge in [0.2, 0.25) is 5.82 Å². The Balaban J connectivity index is 1.59. The maximum absolute atomic E-state index is 12.8. The van der Waals surface area contributed by atoms with E-state index in [1.54, 1.807) is 0 Å². The van der Waals surface area contributed by atoms with Crippen LogP contribution in [0.3, 0.4) is 0 Å². The van der Waals surface area contributed by atoms with Crippen molar-refractivity contribution in [3.05, 3.63) is 35.7 Å². The number of benzene rings is 1. The Kier molecular flexibility index (Phi) is 5.24. The lowest BCUT2D eigenvalue weighted by atomic mass is 10.1. The number of nitrogens with zero attached hydrogens (tertiary/aromatic N) is 3. The maximum atomic E-state index is 12.8. The molecule has 1 N–H and O–H groups in total. The predicted octanol–water partition coefficient (Wildman–Crippen LogP) is 3.48. The van der Waals surface area contributed by atoms with Crippen molar-refractivity contribution in [3.8, 4) is 11.4 Å². The third-order valence-corrected chi connectivity index (χ3v) is 4.11. The van der Waals surface area contributed by atoms with Gasteiger partial charge in [-0.2, -0.15) is 23.2 Å². The van der Waals surface area contributed by atoms with Crippen LogP contribution in [0.1, 0.15) is 17.9 Å². The highest BCUT2D eigenvalue weighted by Crippen LogP contribution is 2.47. The summed E-state index contributed by atoms with van der Waals surface area (Å²) in [5.74, 6) is -5.28. The lowest BCUT2D eigenvalue weighted by Crippen LogP contribution is -2.40. The SMILES string of the molecule is CON(Cc1ccc(-c2noc(C(F)(F)F)n2)cc1)C(=O)NCC1CC1(F)F. The van der Waals surface area contributed by atoms with Gasteiger partial charge >= 0.3 is 18.1 Å². The number of alkyl halides is 5. The van der Waals surface area contributed by atoms with Gasteiger partial charge in [0.1, 0.15) is 0 Å². The van der Waals surface area contributed by atoms with E-state index >= 15 is 0 Å². The molecule has 1 atom stereocenters. The van der Waals surface area contributed by atoms with Crippen molar-refractivity contribution in [3.63, 3.8) is 0 Å². The fourth-order valence-corrected chi connectivity index (χ4v) is 2.39. The van der Waals surface area contributed by atoms with Gasteiger partial charge in [0, 0.05) is 24.4 Å². The van der Waals surface area contributed by atoms with Gasteiger partial charge in [0.25, 0.3) is 5.92 Å². The number of rotatable bonds is 6. The molecule has 0 aliphatic heterocycles. The lowest BCUT2D eigenvalue weighted by molar-refractivity contribution is -0.159. The number of halogens is 5. The molecule has 12 heteroatoms. The van der Waals surface area contributed by atoms with Crippen LogP contribution >= 0.6 is 0 Å². The third kappa shape index (κ3) is 4.55. The minimum Gasteiger partial charge on any atom is -0.336 e. The zero-order valence-electron chi connectivity index (χ0n) is 14.5. The van der Waals surface area contributed by atoms with Crippen molar-refractivity contribution in [2.45, 2.75) is 25.1 Å². The Morgan fingerprint density at radius 3 is 2.50 bits per heavy atom. The van der Waals surface area contributed by atoms with E-state index in [-0.39, 0.29) is 30.9 Å². The molecule has 1 aliphatic rings. The molecule has 0 radical (unpaired) electrons. The molecule has 28 heavy (non-hydrogen) atoms. The first-order chi connectivity index (χ1) is 13.1. The summed E-state index contributed by atoms with van der Waals surface area (Å²) in [5, 5.41) is 6.58. The van der Waals surface area contributed by atoms with Gasteiger partial charge in [0.05, 0.1) is 13.7 Å². The molecule has 2 aromatic rings. The summed E-state index contributed by atoms with van der Waals surface area (Å²) < 4.78 is 67.4. The highest BCUT2D eigenvalue weighted by atomic mass is 19.4. The number of hydroxylamine groups is 2. The van der Waals surface area contributed by atoms with Gasteiger partial charge in [-0.05, 0) is 5.56 Å². The highest BCUT2D eigenvalue weighted by molar-refractivity contribution is 5.73. The second-order valence-electron chi connectivity index (χ2n) is 6.19. The van der Waals surface area contributed by atoms with E-state index in [1.165, 1.54) is 31.4 Å². The van der Waals surface area contributed by atoms with Gasteiger partial charge in [-0.25, -0.2) is 13.6 Å². The second kappa shape index (κ2) is 7.34. The average molecular weight is 406 g/mol. The molecule has 7 nitrogen and oxygen atoms in total. The molecule has 1 heterocycles. The molecule has 0 saturated heterocycles. The summed E-state index contributed by atoms with van der Waals surface area (Å²) in [4.78, 5) is 20.2. The molecule has 0 spiro atoms. The van der Waals surface area contributed by atoms with E-state index in [1.807, 2.05) is 0 Å². The third-order valence-electron chi connectivity index (χ3n) is 4.11. The molecular weight excluding hydrogens is 391 g/mol. The van der Waals surface area contributed by atoms with Gasteiger partial charge in [-0.15, -0.1) is 0 Å².